The van der Waals surface area contributed by atoms with E-state index in [0.717, 1.165) is 19.3 Å². The lowest BCUT2D eigenvalue weighted by Gasteiger charge is -2.23. The summed E-state index contributed by atoms with van der Waals surface area (Å²) in [7, 11) is 0. The third-order valence-electron chi connectivity index (χ3n) is 2.88. The molecule has 0 radical (unpaired) electrons. The maximum absolute atomic E-state index is 12.6. The molecule has 0 amide bonds. The van der Waals surface area contributed by atoms with E-state index < -0.39 is 18.9 Å². The fourth-order valence-corrected chi connectivity index (χ4v) is 1.93. The Morgan fingerprint density at radius 1 is 1.33 bits per heavy atom. The van der Waals surface area contributed by atoms with Gasteiger partial charge in [0, 0.05) is 6.04 Å². The average Bonchev–Trinajstić information content (AvgIpc) is 2.61. The Hall–Kier alpha value is -0.360. The van der Waals surface area contributed by atoms with Gasteiger partial charge in [-0.25, -0.2) is 8.78 Å². The molecule has 1 aliphatic rings. The van der Waals surface area contributed by atoms with Gasteiger partial charge in [0.1, 0.15) is 0 Å². The summed E-state index contributed by atoms with van der Waals surface area (Å²) in [5, 5.41) is 2.49. The molecular formula is C9H16F4N2. The van der Waals surface area contributed by atoms with E-state index in [1.165, 1.54) is 0 Å². The third kappa shape index (κ3) is 3.31. The van der Waals surface area contributed by atoms with Gasteiger partial charge < -0.3 is 11.1 Å². The third-order valence-corrected chi connectivity index (χ3v) is 2.88. The van der Waals surface area contributed by atoms with E-state index in [2.05, 4.69) is 5.32 Å². The van der Waals surface area contributed by atoms with Gasteiger partial charge in [-0.2, -0.15) is 8.78 Å². The maximum atomic E-state index is 12.6. The summed E-state index contributed by atoms with van der Waals surface area (Å²) in [6, 6.07) is -0.139. The van der Waals surface area contributed by atoms with Crippen LogP contribution in [0.1, 0.15) is 19.3 Å². The van der Waals surface area contributed by atoms with Crippen molar-refractivity contribution in [3.8, 4) is 0 Å². The Morgan fingerprint density at radius 3 is 2.53 bits per heavy atom. The second-order valence-corrected chi connectivity index (χ2v) is 3.98. The minimum Gasteiger partial charge on any atom is -0.330 e. The van der Waals surface area contributed by atoms with Gasteiger partial charge >= 0.3 is 12.3 Å². The summed E-state index contributed by atoms with van der Waals surface area (Å²) >= 11 is 0. The highest BCUT2D eigenvalue weighted by atomic mass is 19.3. The van der Waals surface area contributed by atoms with Crippen LogP contribution in [0.25, 0.3) is 0 Å². The van der Waals surface area contributed by atoms with E-state index in [1.54, 1.807) is 0 Å². The predicted molar refractivity (Wildman–Crippen MR) is 49.1 cm³/mol. The van der Waals surface area contributed by atoms with Crippen molar-refractivity contribution in [2.24, 2.45) is 11.7 Å². The molecule has 0 spiro atoms. The molecule has 1 saturated carbocycles. The van der Waals surface area contributed by atoms with Crippen LogP contribution in [0, 0.1) is 5.92 Å². The second kappa shape index (κ2) is 5.12. The van der Waals surface area contributed by atoms with Crippen LogP contribution in [0.2, 0.25) is 0 Å². The summed E-state index contributed by atoms with van der Waals surface area (Å²) in [4.78, 5) is 0. The maximum Gasteiger partial charge on any atom is 0.319 e. The lowest BCUT2D eigenvalue weighted by molar-refractivity contribution is -0.126. The molecule has 3 N–H and O–H groups in total. The molecule has 1 aliphatic carbocycles. The van der Waals surface area contributed by atoms with Crippen molar-refractivity contribution in [3.63, 3.8) is 0 Å². The van der Waals surface area contributed by atoms with Crippen LogP contribution in [0.4, 0.5) is 17.6 Å². The van der Waals surface area contributed by atoms with Gasteiger partial charge in [0.05, 0.1) is 6.54 Å². The van der Waals surface area contributed by atoms with Crippen molar-refractivity contribution in [3.05, 3.63) is 0 Å². The number of rotatable bonds is 5. The zero-order valence-corrected chi connectivity index (χ0v) is 8.36. The standard InChI is InChI=1S/C9H16F4N2/c10-8(11)9(12,13)5-15-7-3-1-2-6(7)4-14/h6-8,15H,1-5,14H2. The van der Waals surface area contributed by atoms with Gasteiger partial charge in [-0.1, -0.05) is 6.42 Å². The van der Waals surface area contributed by atoms with Crippen molar-refractivity contribution >= 4 is 0 Å². The molecule has 2 nitrogen and oxygen atoms in total. The Balaban J connectivity index is 2.36. The Morgan fingerprint density at radius 2 is 2.00 bits per heavy atom. The van der Waals surface area contributed by atoms with E-state index in [4.69, 9.17) is 5.73 Å². The van der Waals surface area contributed by atoms with E-state index >= 15 is 0 Å². The molecule has 2 unspecified atom stereocenters. The molecule has 0 heterocycles. The number of hydrogen-bond donors (Lipinski definition) is 2. The van der Waals surface area contributed by atoms with Gasteiger partial charge in [-0.05, 0) is 25.3 Å². The van der Waals surface area contributed by atoms with Gasteiger partial charge in [0.25, 0.3) is 0 Å². The molecule has 6 heteroatoms. The molecule has 0 aromatic heterocycles. The fraction of sp³-hybridized carbons (Fsp3) is 1.00. The van der Waals surface area contributed by atoms with Crippen LogP contribution in [0.3, 0.4) is 0 Å². The largest absolute Gasteiger partial charge is 0.330 e. The highest BCUT2D eigenvalue weighted by molar-refractivity contribution is 4.86. The number of nitrogens with one attached hydrogen (secondary N) is 1. The molecule has 1 rings (SSSR count). The van der Waals surface area contributed by atoms with Crippen LogP contribution in [-0.4, -0.2) is 31.5 Å². The SMILES string of the molecule is NCC1CCCC1NCC(F)(F)C(F)F. The minimum absolute atomic E-state index is 0.137. The van der Waals surface area contributed by atoms with Crippen LogP contribution >= 0.6 is 0 Å². The normalized spacial score (nSPS) is 27.6. The zero-order chi connectivity index (χ0) is 11.5. The first-order valence-corrected chi connectivity index (χ1v) is 5.07. The number of halogens is 4. The van der Waals surface area contributed by atoms with Crippen LogP contribution in [0.5, 0.6) is 0 Å². The van der Waals surface area contributed by atoms with E-state index in [1.807, 2.05) is 0 Å². The highest BCUT2D eigenvalue weighted by Gasteiger charge is 2.41. The molecule has 0 bridgehead atoms. The van der Waals surface area contributed by atoms with Crippen LogP contribution in [-0.2, 0) is 0 Å². The Labute approximate surface area is 86.2 Å². The van der Waals surface area contributed by atoms with Crippen molar-refractivity contribution in [1.82, 2.24) is 5.32 Å². The van der Waals surface area contributed by atoms with Gasteiger partial charge in [0.2, 0.25) is 0 Å². The fourth-order valence-electron chi connectivity index (χ4n) is 1.93. The van der Waals surface area contributed by atoms with E-state index in [9.17, 15) is 17.6 Å². The summed E-state index contributed by atoms with van der Waals surface area (Å²) in [6.07, 6.45) is -1.07. The molecule has 2 atom stereocenters. The molecule has 0 aromatic carbocycles. The second-order valence-electron chi connectivity index (χ2n) is 3.98. The molecule has 1 fully saturated rings. The van der Waals surface area contributed by atoms with Crippen molar-refractivity contribution in [2.75, 3.05) is 13.1 Å². The van der Waals surface area contributed by atoms with Gasteiger partial charge in [-0.3, -0.25) is 0 Å². The smallest absolute Gasteiger partial charge is 0.319 e. The minimum atomic E-state index is -3.94. The number of alkyl halides is 4. The monoisotopic (exact) mass is 228 g/mol. The lowest BCUT2D eigenvalue weighted by atomic mass is 10.0. The average molecular weight is 228 g/mol. The molecule has 0 saturated heterocycles. The molecule has 0 aromatic rings. The van der Waals surface area contributed by atoms with Gasteiger partial charge in [0.15, 0.2) is 0 Å². The van der Waals surface area contributed by atoms with Gasteiger partial charge in [-0.15, -0.1) is 0 Å². The predicted octanol–water partition coefficient (Wildman–Crippen LogP) is 1.60. The highest BCUT2D eigenvalue weighted by Crippen LogP contribution is 2.27. The summed E-state index contributed by atoms with van der Waals surface area (Å²) in [5.74, 6) is -3.81. The lowest BCUT2D eigenvalue weighted by Crippen LogP contribution is -2.45. The first-order valence-electron chi connectivity index (χ1n) is 5.07. The van der Waals surface area contributed by atoms with E-state index in [0.29, 0.717) is 6.54 Å². The van der Waals surface area contributed by atoms with Crippen molar-refractivity contribution in [2.45, 2.75) is 37.7 Å². The topological polar surface area (TPSA) is 38.0 Å². The number of nitrogens with two attached hydrogens (primary N) is 1. The molecular weight excluding hydrogens is 212 g/mol. The zero-order valence-electron chi connectivity index (χ0n) is 8.36. The number of hydrogen-bond acceptors (Lipinski definition) is 2. The molecule has 90 valence electrons. The molecule has 15 heavy (non-hydrogen) atoms. The Kier molecular flexibility index (Phi) is 4.33. The quantitative estimate of drug-likeness (QED) is 0.701. The van der Waals surface area contributed by atoms with Crippen LogP contribution < -0.4 is 11.1 Å². The van der Waals surface area contributed by atoms with Crippen molar-refractivity contribution < 1.29 is 17.6 Å². The summed E-state index contributed by atoms with van der Waals surface area (Å²) in [5.41, 5.74) is 5.45. The van der Waals surface area contributed by atoms with Crippen molar-refractivity contribution in [1.29, 1.82) is 0 Å². The summed E-state index contributed by atoms with van der Waals surface area (Å²) < 4.78 is 48.9. The van der Waals surface area contributed by atoms with Crippen LogP contribution in [0.15, 0.2) is 0 Å². The van der Waals surface area contributed by atoms with E-state index in [-0.39, 0.29) is 12.0 Å². The first-order chi connectivity index (χ1) is 6.97. The molecule has 0 aliphatic heterocycles. The Bertz CT molecular complexity index is 199. The first kappa shape index (κ1) is 12.7. The summed E-state index contributed by atoms with van der Waals surface area (Å²) in [6.45, 7) is -0.552.